The van der Waals surface area contributed by atoms with Crippen LogP contribution in [0.5, 0.6) is 0 Å². The Morgan fingerprint density at radius 3 is 2.91 bits per heavy atom. The highest BCUT2D eigenvalue weighted by molar-refractivity contribution is 5.98. The molecule has 2 heterocycles. The third-order valence-corrected chi connectivity index (χ3v) is 4.45. The molecule has 5 heteroatoms. The zero-order valence-corrected chi connectivity index (χ0v) is 13.7. The van der Waals surface area contributed by atoms with Gasteiger partial charge in [0.1, 0.15) is 6.04 Å². The Kier molecular flexibility index (Phi) is 4.37. The first-order valence-electron chi connectivity index (χ1n) is 8.28. The number of aryl methyl sites for hydroxylation is 1. The van der Waals surface area contributed by atoms with Crippen LogP contribution in [-0.4, -0.2) is 34.3 Å². The topological polar surface area (TPSA) is 65.2 Å². The molecule has 122 valence electrons. The highest BCUT2D eigenvalue weighted by Gasteiger charge is 2.31. The van der Waals surface area contributed by atoms with Gasteiger partial charge in [-0.15, -0.1) is 0 Å². The number of aromatic nitrogens is 1. The third kappa shape index (κ3) is 3.23. The number of carbonyl (C=O) groups is 2. The first kappa shape index (κ1) is 15.6. The van der Waals surface area contributed by atoms with E-state index in [0.29, 0.717) is 13.0 Å². The van der Waals surface area contributed by atoms with Crippen LogP contribution in [0.1, 0.15) is 38.3 Å². The van der Waals surface area contributed by atoms with Crippen LogP contribution >= 0.6 is 0 Å². The van der Waals surface area contributed by atoms with Gasteiger partial charge in [-0.3, -0.25) is 9.59 Å². The molecule has 1 aliphatic heterocycles. The molecular formula is C18H23N3O2. The Balaban J connectivity index is 1.76. The van der Waals surface area contributed by atoms with E-state index in [4.69, 9.17) is 0 Å². The van der Waals surface area contributed by atoms with Crippen LogP contribution in [0.4, 0.5) is 5.69 Å². The molecule has 23 heavy (non-hydrogen) atoms. The van der Waals surface area contributed by atoms with E-state index >= 15 is 0 Å². The van der Waals surface area contributed by atoms with E-state index in [2.05, 4.69) is 16.4 Å². The Hall–Kier alpha value is -2.30. The van der Waals surface area contributed by atoms with Crippen LogP contribution in [0, 0.1) is 6.92 Å². The molecule has 2 amide bonds. The van der Waals surface area contributed by atoms with Crippen molar-refractivity contribution in [3.05, 3.63) is 30.0 Å². The fourth-order valence-electron chi connectivity index (χ4n) is 3.29. The standard InChI is InChI=1S/C18H23N3O2/c1-3-17(22)21-9-5-4-6-16(21)18(23)20-14-7-8-15-13(11-14)10-12(2)19-15/h7-8,10-11,16,19H,3-6,9H2,1-2H3,(H,20,23)/t16-/m1/s1. The summed E-state index contributed by atoms with van der Waals surface area (Å²) < 4.78 is 0. The van der Waals surface area contributed by atoms with Gasteiger partial charge in [0.25, 0.3) is 0 Å². The molecule has 5 nitrogen and oxygen atoms in total. The number of H-pyrrole nitrogens is 1. The lowest BCUT2D eigenvalue weighted by Crippen LogP contribution is -2.49. The van der Waals surface area contributed by atoms with Crippen LogP contribution in [0.2, 0.25) is 0 Å². The van der Waals surface area contributed by atoms with E-state index in [1.165, 1.54) is 0 Å². The number of amides is 2. The second-order valence-corrected chi connectivity index (χ2v) is 6.20. The van der Waals surface area contributed by atoms with Gasteiger partial charge < -0.3 is 15.2 Å². The van der Waals surface area contributed by atoms with Crippen LogP contribution < -0.4 is 5.32 Å². The number of aromatic amines is 1. The van der Waals surface area contributed by atoms with Crippen molar-refractivity contribution in [1.82, 2.24) is 9.88 Å². The van der Waals surface area contributed by atoms with E-state index in [1.807, 2.05) is 32.0 Å². The molecule has 1 atom stereocenters. The molecule has 2 N–H and O–H groups in total. The SMILES string of the molecule is CCC(=O)N1CCCC[C@@H]1C(=O)Nc1ccc2[nH]c(C)cc2c1. The van der Waals surface area contributed by atoms with Gasteiger partial charge in [0, 0.05) is 35.2 Å². The number of nitrogens with zero attached hydrogens (tertiary/aromatic N) is 1. The van der Waals surface area contributed by atoms with Crippen molar-refractivity contribution in [3.8, 4) is 0 Å². The molecule has 1 fully saturated rings. The largest absolute Gasteiger partial charge is 0.359 e. The molecule has 0 bridgehead atoms. The quantitative estimate of drug-likeness (QED) is 0.914. The Labute approximate surface area is 136 Å². The Bertz CT molecular complexity index is 735. The maximum absolute atomic E-state index is 12.6. The molecule has 1 aromatic carbocycles. The predicted molar refractivity (Wildman–Crippen MR) is 91.3 cm³/mol. The van der Waals surface area contributed by atoms with E-state index in [9.17, 15) is 9.59 Å². The summed E-state index contributed by atoms with van der Waals surface area (Å²) in [5.41, 5.74) is 2.92. The Morgan fingerprint density at radius 2 is 2.13 bits per heavy atom. The number of anilines is 1. The summed E-state index contributed by atoms with van der Waals surface area (Å²) >= 11 is 0. The molecule has 0 unspecified atom stereocenters. The van der Waals surface area contributed by atoms with Crippen LogP contribution in [-0.2, 0) is 9.59 Å². The fourth-order valence-corrected chi connectivity index (χ4v) is 3.29. The van der Waals surface area contributed by atoms with E-state index in [0.717, 1.165) is 41.5 Å². The molecule has 0 radical (unpaired) electrons. The van der Waals surface area contributed by atoms with E-state index < -0.39 is 0 Å². The van der Waals surface area contributed by atoms with Crippen LogP contribution in [0.3, 0.4) is 0 Å². The van der Waals surface area contributed by atoms with Gasteiger partial charge in [-0.1, -0.05) is 6.92 Å². The second-order valence-electron chi connectivity index (χ2n) is 6.20. The van der Waals surface area contributed by atoms with E-state index in [-0.39, 0.29) is 17.9 Å². The molecular weight excluding hydrogens is 290 g/mol. The third-order valence-electron chi connectivity index (χ3n) is 4.45. The van der Waals surface area contributed by atoms with Crippen molar-refractivity contribution in [2.75, 3.05) is 11.9 Å². The molecule has 0 saturated carbocycles. The maximum atomic E-state index is 12.6. The number of hydrogen-bond donors (Lipinski definition) is 2. The molecule has 2 aromatic rings. The molecule has 0 aliphatic carbocycles. The molecule has 1 aromatic heterocycles. The maximum Gasteiger partial charge on any atom is 0.247 e. The summed E-state index contributed by atoms with van der Waals surface area (Å²) in [5, 5.41) is 4.05. The lowest BCUT2D eigenvalue weighted by molar-refractivity contribution is -0.140. The first-order valence-corrected chi connectivity index (χ1v) is 8.28. The average Bonchev–Trinajstić information content (AvgIpc) is 2.93. The van der Waals surface area contributed by atoms with Gasteiger partial charge in [0.05, 0.1) is 0 Å². The summed E-state index contributed by atoms with van der Waals surface area (Å²) in [4.78, 5) is 29.7. The number of carbonyl (C=O) groups excluding carboxylic acids is 2. The first-order chi connectivity index (χ1) is 11.1. The van der Waals surface area contributed by atoms with Crippen molar-refractivity contribution in [2.24, 2.45) is 0 Å². The minimum atomic E-state index is -0.347. The highest BCUT2D eigenvalue weighted by atomic mass is 16.2. The minimum absolute atomic E-state index is 0.0570. The number of piperidine rings is 1. The van der Waals surface area contributed by atoms with Gasteiger partial charge in [-0.2, -0.15) is 0 Å². The lowest BCUT2D eigenvalue weighted by atomic mass is 10.0. The van der Waals surface area contributed by atoms with Gasteiger partial charge in [0.15, 0.2) is 0 Å². The van der Waals surface area contributed by atoms with Crippen LogP contribution in [0.25, 0.3) is 10.9 Å². The number of nitrogens with one attached hydrogen (secondary N) is 2. The van der Waals surface area contributed by atoms with Crippen molar-refractivity contribution < 1.29 is 9.59 Å². The number of benzene rings is 1. The number of hydrogen-bond acceptors (Lipinski definition) is 2. The minimum Gasteiger partial charge on any atom is -0.359 e. The summed E-state index contributed by atoms with van der Waals surface area (Å²) in [5.74, 6) is -0.0281. The number of likely N-dealkylation sites (tertiary alicyclic amines) is 1. The molecule has 1 saturated heterocycles. The zero-order valence-electron chi connectivity index (χ0n) is 13.7. The van der Waals surface area contributed by atoms with Gasteiger partial charge in [0.2, 0.25) is 11.8 Å². The van der Waals surface area contributed by atoms with Crippen LogP contribution in [0.15, 0.2) is 24.3 Å². The molecule has 0 spiro atoms. The predicted octanol–water partition coefficient (Wildman–Crippen LogP) is 3.21. The van der Waals surface area contributed by atoms with Crippen molar-refractivity contribution in [1.29, 1.82) is 0 Å². The summed E-state index contributed by atoms with van der Waals surface area (Å²) in [7, 11) is 0. The molecule has 1 aliphatic rings. The lowest BCUT2D eigenvalue weighted by Gasteiger charge is -2.34. The number of fused-ring (bicyclic) bond motifs is 1. The Morgan fingerprint density at radius 1 is 1.30 bits per heavy atom. The van der Waals surface area contributed by atoms with E-state index in [1.54, 1.807) is 4.90 Å². The average molecular weight is 313 g/mol. The summed E-state index contributed by atoms with van der Waals surface area (Å²) in [6, 6.07) is 7.53. The summed E-state index contributed by atoms with van der Waals surface area (Å²) in [6.07, 6.45) is 3.15. The monoisotopic (exact) mass is 313 g/mol. The normalized spacial score (nSPS) is 18.2. The zero-order chi connectivity index (χ0) is 16.4. The second kappa shape index (κ2) is 6.44. The smallest absolute Gasteiger partial charge is 0.247 e. The molecule has 3 rings (SSSR count). The van der Waals surface area contributed by atoms with Crippen molar-refractivity contribution >= 4 is 28.4 Å². The number of rotatable bonds is 3. The summed E-state index contributed by atoms with van der Waals surface area (Å²) in [6.45, 7) is 4.53. The van der Waals surface area contributed by atoms with Crippen molar-refractivity contribution in [3.63, 3.8) is 0 Å². The van der Waals surface area contributed by atoms with Gasteiger partial charge in [-0.05, 0) is 50.5 Å². The van der Waals surface area contributed by atoms with Gasteiger partial charge >= 0.3 is 0 Å². The van der Waals surface area contributed by atoms with Gasteiger partial charge in [-0.25, -0.2) is 0 Å². The highest BCUT2D eigenvalue weighted by Crippen LogP contribution is 2.22. The fraction of sp³-hybridized carbons (Fsp3) is 0.444. The van der Waals surface area contributed by atoms with Crippen molar-refractivity contribution in [2.45, 2.75) is 45.6 Å².